The van der Waals surface area contributed by atoms with Crippen LogP contribution in [0.1, 0.15) is 25.7 Å². The van der Waals surface area contributed by atoms with Crippen molar-refractivity contribution in [3.63, 3.8) is 0 Å². The van der Waals surface area contributed by atoms with E-state index < -0.39 is 11.8 Å². The van der Waals surface area contributed by atoms with E-state index in [2.05, 4.69) is 5.32 Å². The Labute approximate surface area is 99.3 Å². The van der Waals surface area contributed by atoms with E-state index in [0.29, 0.717) is 6.42 Å². The van der Waals surface area contributed by atoms with Crippen molar-refractivity contribution in [1.82, 2.24) is 5.32 Å². The van der Waals surface area contributed by atoms with Crippen LogP contribution in [-0.2, 0) is 9.53 Å². The van der Waals surface area contributed by atoms with Gasteiger partial charge >= 0.3 is 0 Å². The predicted molar refractivity (Wildman–Crippen MR) is 57.8 cm³/mol. The van der Waals surface area contributed by atoms with Crippen molar-refractivity contribution in [2.24, 2.45) is 5.92 Å². The Balaban J connectivity index is 2.42. The summed E-state index contributed by atoms with van der Waals surface area (Å²) in [6, 6.07) is -0.313. The van der Waals surface area contributed by atoms with Crippen LogP contribution in [0.5, 0.6) is 0 Å². The molecule has 0 aromatic heterocycles. The standard InChI is InChI=1S/C11H19F2NO3/c1-17-7-9(3-5-15)14-10(16)8-2-4-11(12,13)6-8/h8-9,15H,2-7H2,1H3,(H,14,16). The summed E-state index contributed by atoms with van der Waals surface area (Å²) in [4.78, 5) is 11.7. The van der Waals surface area contributed by atoms with Crippen molar-refractivity contribution < 1.29 is 23.4 Å². The van der Waals surface area contributed by atoms with Gasteiger partial charge in [-0.05, 0) is 12.8 Å². The van der Waals surface area contributed by atoms with Gasteiger partial charge in [0.2, 0.25) is 11.8 Å². The number of carbonyl (C=O) groups is 1. The molecule has 1 amide bonds. The van der Waals surface area contributed by atoms with Gasteiger partial charge < -0.3 is 15.2 Å². The lowest BCUT2D eigenvalue weighted by molar-refractivity contribution is -0.127. The average molecular weight is 251 g/mol. The van der Waals surface area contributed by atoms with Gasteiger partial charge in [-0.25, -0.2) is 8.78 Å². The SMILES string of the molecule is COCC(CCO)NC(=O)C1CCC(F)(F)C1. The van der Waals surface area contributed by atoms with Gasteiger partial charge in [-0.1, -0.05) is 0 Å². The molecule has 1 saturated carbocycles. The maximum Gasteiger partial charge on any atom is 0.248 e. The smallest absolute Gasteiger partial charge is 0.248 e. The number of carbonyl (C=O) groups excluding carboxylic acids is 1. The number of aliphatic hydroxyl groups is 1. The quantitative estimate of drug-likeness (QED) is 0.738. The highest BCUT2D eigenvalue weighted by molar-refractivity contribution is 5.79. The molecule has 0 heterocycles. The number of rotatable bonds is 6. The summed E-state index contributed by atoms with van der Waals surface area (Å²) in [5.74, 6) is -3.70. The van der Waals surface area contributed by atoms with E-state index in [4.69, 9.17) is 9.84 Å². The zero-order chi connectivity index (χ0) is 12.9. The van der Waals surface area contributed by atoms with Gasteiger partial charge in [0.1, 0.15) is 0 Å². The Morgan fingerprint density at radius 3 is 2.82 bits per heavy atom. The molecule has 1 aliphatic rings. The first-order chi connectivity index (χ1) is 7.98. The summed E-state index contributed by atoms with van der Waals surface area (Å²) >= 11 is 0. The van der Waals surface area contributed by atoms with Crippen molar-refractivity contribution in [3.8, 4) is 0 Å². The van der Waals surface area contributed by atoms with E-state index in [1.54, 1.807) is 0 Å². The van der Waals surface area contributed by atoms with Gasteiger partial charge in [-0.2, -0.15) is 0 Å². The van der Waals surface area contributed by atoms with Crippen molar-refractivity contribution >= 4 is 5.91 Å². The van der Waals surface area contributed by atoms with E-state index in [1.165, 1.54) is 7.11 Å². The first-order valence-electron chi connectivity index (χ1n) is 5.76. The number of methoxy groups -OCH3 is 1. The third-order valence-corrected chi connectivity index (χ3v) is 2.97. The molecule has 0 aromatic rings. The molecule has 2 N–H and O–H groups in total. The number of halogens is 2. The average Bonchev–Trinajstić information content (AvgIpc) is 2.59. The highest BCUT2D eigenvalue weighted by Gasteiger charge is 2.42. The molecule has 6 heteroatoms. The minimum atomic E-state index is -2.71. The van der Waals surface area contributed by atoms with Crippen molar-refractivity contribution in [1.29, 1.82) is 0 Å². The number of nitrogens with one attached hydrogen (secondary N) is 1. The number of hydrogen-bond donors (Lipinski definition) is 2. The maximum absolute atomic E-state index is 12.9. The number of amides is 1. The first-order valence-corrected chi connectivity index (χ1v) is 5.76. The van der Waals surface area contributed by atoms with Crippen LogP contribution in [0.3, 0.4) is 0 Å². The van der Waals surface area contributed by atoms with Gasteiger partial charge in [0.25, 0.3) is 0 Å². The molecule has 1 aliphatic carbocycles. The van der Waals surface area contributed by atoms with Crippen LogP contribution < -0.4 is 5.32 Å². The lowest BCUT2D eigenvalue weighted by Crippen LogP contribution is -2.41. The number of ether oxygens (including phenoxy) is 1. The summed E-state index contributed by atoms with van der Waals surface area (Å²) in [7, 11) is 1.49. The van der Waals surface area contributed by atoms with Crippen LogP contribution in [0.15, 0.2) is 0 Å². The monoisotopic (exact) mass is 251 g/mol. The fourth-order valence-electron chi connectivity index (χ4n) is 2.05. The zero-order valence-electron chi connectivity index (χ0n) is 9.92. The third kappa shape index (κ3) is 4.55. The third-order valence-electron chi connectivity index (χ3n) is 2.97. The van der Waals surface area contributed by atoms with Crippen molar-refractivity contribution in [3.05, 3.63) is 0 Å². The minimum absolute atomic E-state index is 0.0743. The molecule has 0 radical (unpaired) electrons. The second-order valence-corrected chi connectivity index (χ2v) is 4.47. The molecule has 0 aromatic carbocycles. The van der Waals surface area contributed by atoms with E-state index in [0.717, 1.165) is 0 Å². The summed E-state index contributed by atoms with van der Waals surface area (Å²) < 4.78 is 30.8. The molecular weight excluding hydrogens is 232 g/mol. The van der Waals surface area contributed by atoms with Crippen molar-refractivity contribution in [2.75, 3.05) is 20.3 Å². The summed E-state index contributed by atoms with van der Waals surface area (Å²) in [5, 5.41) is 11.4. The molecule has 1 fully saturated rings. The number of alkyl halides is 2. The maximum atomic E-state index is 12.9. The molecule has 1 rings (SSSR count). The van der Waals surface area contributed by atoms with Crippen molar-refractivity contribution in [2.45, 2.75) is 37.6 Å². The van der Waals surface area contributed by atoms with Gasteiger partial charge in [0.15, 0.2) is 0 Å². The van der Waals surface area contributed by atoms with Crippen LogP contribution >= 0.6 is 0 Å². The van der Waals surface area contributed by atoms with E-state index in [9.17, 15) is 13.6 Å². The van der Waals surface area contributed by atoms with Gasteiger partial charge in [0, 0.05) is 32.5 Å². The Kier molecular flexibility index (Phi) is 5.27. The van der Waals surface area contributed by atoms with E-state index >= 15 is 0 Å². The highest BCUT2D eigenvalue weighted by atomic mass is 19.3. The molecule has 17 heavy (non-hydrogen) atoms. The Morgan fingerprint density at radius 2 is 2.35 bits per heavy atom. The largest absolute Gasteiger partial charge is 0.396 e. The highest BCUT2D eigenvalue weighted by Crippen LogP contribution is 2.38. The van der Waals surface area contributed by atoms with Crippen LogP contribution in [0.25, 0.3) is 0 Å². The lowest BCUT2D eigenvalue weighted by atomic mass is 10.1. The Hall–Kier alpha value is -0.750. The Bertz CT molecular complexity index is 255. The molecule has 2 atom stereocenters. The van der Waals surface area contributed by atoms with Gasteiger partial charge in [0.05, 0.1) is 12.6 Å². The summed E-state index contributed by atoms with van der Waals surface area (Å²) in [5.41, 5.74) is 0. The second kappa shape index (κ2) is 6.26. The van der Waals surface area contributed by atoms with Gasteiger partial charge in [-0.3, -0.25) is 4.79 Å². The minimum Gasteiger partial charge on any atom is -0.396 e. The van der Waals surface area contributed by atoms with Crippen LogP contribution in [0, 0.1) is 5.92 Å². The first kappa shape index (κ1) is 14.3. The van der Waals surface area contributed by atoms with Crippen LogP contribution in [-0.4, -0.2) is 43.3 Å². The molecule has 0 aliphatic heterocycles. The number of hydrogen-bond acceptors (Lipinski definition) is 3. The van der Waals surface area contributed by atoms with Crippen LogP contribution in [0.2, 0.25) is 0 Å². The summed E-state index contributed by atoms with van der Waals surface area (Å²) in [6.45, 7) is 0.199. The van der Waals surface area contributed by atoms with Crippen LogP contribution in [0.4, 0.5) is 8.78 Å². The Morgan fingerprint density at radius 1 is 1.65 bits per heavy atom. The lowest BCUT2D eigenvalue weighted by Gasteiger charge is -2.19. The fourth-order valence-corrected chi connectivity index (χ4v) is 2.05. The van der Waals surface area contributed by atoms with E-state index in [-0.39, 0.29) is 44.4 Å². The fraction of sp³-hybridized carbons (Fsp3) is 0.909. The molecule has 0 bridgehead atoms. The van der Waals surface area contributed by atoms with Gasteiger partial charge in [-0.15, -0.1) is 0 Å². The molecule has 100 valence electrons. The zero-order valence-corrected chi connectivity index (χ0v) is 9.92. The normalized spacial score (nSPS) is 24.6. The number of aliphatic hydroxyl groups excluding tert-OH is 1. The molecular formula is C11H19F2NO3. The molecule has 2 unspecified atom stereocenters. The van der Waals surface area contributed by atoms with E-state index in [1.807, 2.05) is 0 Å². The molecule has 4 nitrogen and oxygen atoms in total. The molecule has 0 saturated heterocycles. The second-order valence-electron chi connectivity index (χ2n) is 4.47. The predicted octanol–water partition coefficient (Wildman–Crippen LogP) is 0.935. The topological polar surface area (TPSA) is 58.6 Å². The summed E-state index contributed by atoms with van der Waals surface area (Å²) in [6.07, 6.45) is -0.0158. The molecule has 0 spiro atoms.